The number of carbonyl (C=O) groups excluding carboxylic acids is 2. The number of rotatable bonds is 4. The number of hydrogen-bond acceptors (Lipinski definition) is 5. The minimum atomic E-state index is -0.711. The van der Waals surface area contributed by atoms with Gasteiger partial charge in [-0.25, -0.2) is 4.79 Å². The van der Waals surface area contributed by atoms with Crippen LogP contribution in [0.3, 0.4) is 0 Å². The van der Waals surface area contributed by atoms with Gasteiger partial charge in [-0.1, -0.05) is 0 Å². The van der Waals surface area contributed by atoms with Crippen LogP contribution >= 0.6 is 0 Å². The van der Waals surface area contributed by atoms with E-state index in [0.717, 1.165) is 6.42 Å². The van der Waals surface area contributed by atoms with Crippen LogP contribution < -0.4 is 10.4 Å². The summed E-state index contributed by atoms with van der Waals surface area (Å²) in [6.45, 7) is 4.26. The molecule has 0 aliphatic carbocycles. The van der Waals surface area contributed by atoms with Crippen molar-refractivity contribution in [1.29, 1.82) is 0 Å². The van der Waals surface area contributed by atoms with Gasteiger partial charge in [0.15, 0.2) is 0 Å². The van der Waals surface area contributed by atoms with Crippen LogP contribution in [-0.4, -0.2) is 54.4 Å². The van der Waals surface area contributed by atoms with Crippen LogP contribution in [-0.2, 0) is 4.79 Å². The van der Waals surface area contributed by atoms with Gasteiger partial charge in [-0.2, -0.15) is 0 Å². The van der Waals surface area contributed by atoms with E-state index in [4.69, 9.17) is 9.15 Å². The second kappa shape index (κ2) is 7.42. The Kier molecular flexibility index (Phi) is 5.21. The van der Waals surface area contributed by atoms with E-state index in [1.807, 2.05) is 13.8 Å². The zero-order valence-electron chi connectivity index (χ0n) is 16.0. The highest BCUT2D eigenvalue weighted by Gasteiger charge is 2.36. The lowest BCUT2D eigenvalue weighted by molar-refractivity contribution is -0.132. The predicted octanol–water partition coefficient (Wildman–Crippen LogP) is 2.27. The van der Waals surface area contributed by atoms with Gasteiger partial charge in [0, 0.05) is 32.1 Å². The lowest BCUT2D eigenvalue weighted by atomic mass is 10.1. The second-order valence-electron chi connectivity index (χ2n) is 7.20. The number of likely N-dealkylation sites (tertiary alicyclic amines) is 1. The van der Waals surface area contributed by atoms with Gasteiger partial charge in [0.1, 0.15) is 22.9 Å². The van der Waals surface area contributed by atoms with Crippen LogP contribution in [0.25, 0.3) is 11.0 Å². The molecule has 0 unspecified atom stereocenters. The lowest BCUT2D eigenvalue weighted by Crippen LogP contribution is -2.46. The number of fused-ring (bicyclic) bond motifs is 1. The van der Waals surface area contributed by atoms with Crippen molar-refractivity contribution in [2.24, 2.45) is 0 Å². The molecule has 7 heteroatoms. The summed E-state index contributed by atoms with van der Waals surface area (Å²) in [7, 11) is 3.31. The summed E-state index contributed by atoms with van der Waals surface area (Å²) in [5, 5.41) is 0.628. The smallest absolute Gasteiger partial charge is 0.349 e. The standard InChI is InChI=1S/C20H24N2O5/c1-12(2)26-14-8-7-13-10-15(20(25)27-17(13)11-14)18(23)22-9-5-6-16(22)19(24)21(3)4/h7-8,10-12,16H,5-6,9H2,1-4H3/t16-/m0/s1. The summed E-state index contributed by atoms with van der Waals surface area (Å²) in [4.78, 5) is 40.6. The average molecular weight is 372 g/mol. The molecule has 1 saturated heterocycles. The Balaban J connectivity index is 1.94. The Morgan fingerprint density at radius 3 is 2.67 bits per heavy atom. The first-order valence-electron chi connectivity index (χ1n) is 9.04. The highest BCUT2D eigenvalue weighted by Crippen LogP contribution is 2.24. The summed E-state index contributed by atoms with van der Waals surface area (Å²) < 4.78 is 11.0. The molecule has 1 aromatic heterocycles. The quantitative estimate of drug-likeness (QED) is 0.769. The van der Waals surface area contributed by atoms with Crippen LogP contribution in [0.15, 0.2) is 33.5 Å². The van der Waals surface area contributed by atoms with Gasteiger partial charge in [0.25, 0.3) is 5.91 Å². The molecule has 1 aromatic carbocycles. The van der Waals surface area contributed by atoms with E-state index in [1.165, 1.54) is 15.9 Å². The number of benzene rings is 1. The first kappa shape index (κ1) is 18.9. The van der Waals surface area contributed by atoms with Crippen LogP contribution in [0.2, 0.25) is 0 Å². The van der Waals surface area contributed by atoms with Crippen molar-refractivity contribution in [3.8, 4) is 5.75 Å². The van der Waals surface area contributed by atoms with E-state index in [1.54, 1.807) is 32.3 Å². The fraction of sp³-hybridized carbons (Fsp3) is 0.450. The molecule has 1 aliphatic rings. The van der Waals surface area contributed by atoms with Crippen LogP contribution in [0.1, 0.15) is 37.0 Å². The lowest BCUT2D eigenvalue weighted by Gasteiger charge is -2.26. The molecule has 27 heavy (non-hydrogen) atoms. The van der Waals surface area contributed by atoms with Gasteiger partial charge in [0.05, 0.1) is 6.10 Å². The maximum atomic E-state index is 12.9. The molecule has 3 rings (SSSR count). The first-order chi connectivity index (χ1) is 12.8. The van der Waals surface area contributed by atoms with Gasteiger partial charge in [-0.3, -0.25) is 9.59 Å². The number of hydrogen-bond donors (Lipinski definition) is 0. The molecule has 0 saturated carbocycles. The number of nitrogens with zero attached hydrogens (tertiary/aromatic N) is 2. The van der Waals surface area contributed by atoms with Crippen molar-refractivity contribution in [3.63, 3.8) is 0 Å². The molecular formula is C20H24N2O5. The normalized spacial score (nSPS) is 16.8. The van der Waals surface area contributed by atoms with Gasteiger partial charge in [-0.15, -0.1) is 0 Å². The summed E-state index contributed by atoms with van der Waals surface area (Å²) in [5.74, 6) is -0.0109. The zero-order valence-corrected chi connectivity index (χ0v) is 16.0. The second-order valence-corrected chi connectivity index (χ2v) is 7.20. The molecule has 2 amide bonds. The van der Waals surface area contributed by atoms with Gasteiger partial charge >= 0.3 is 5.63 Å². The Labute approximate surface area is 157 Å². The van der Waals surface area contributed by atoms with Crippen LogP contribution in [0.4, 0.5) is 0 Å². The summed E-state index contributed by atoms with van der Waals surface area (Å²) in [5.41, 5.74) is -0.410. The predicted molar refractivity (Wildman–Crippen MR) is 101 cm³/mol. The molecule has 2 heterocycles. The summed E-state index contributed by atoms with van der Waals surface area (Å²) >= 11 is 0. The monoisotopic (exact) mass is 372 g/mol. The SMILES string of the molecule is CC(C)Oc1ccc2cc(C(=O)N3CCC[C@H]3C(=O)N(C)C)c(=O)oc2c1. The van der Waals surface area contributed by atoms with Crippen LogP contribution in [0, 0.1) is 0 Å². The minimum absolute atomic E-state index is 0.00337. The molecule has 0 N–H and O–H groups in total. The fourth-order valence-electron chi connectivity index (χ4n) is 3.31. The molecule has 0 bridgehead atoms. The molecular weight excluding hydrogens is 348 g/mol. The van der Waals surface area contributed by atoms with Crippen LogP contribution in [0.5, 0.6) is 5.75 Å². The van der Waals surface area contributed by atoms with E-state index < -0.39 is 17.6 Å². The van der Waals surface area contributed by atoms with E-state index in [-0.39, 0.29) is 17.6 Å². The Morgan fingerprint density at radius 1 is 1.26 bits per heavy atom. The minimum Gasteiger partial charge on any atom is -0.491 e. The van der Waals surface area contributed by atoms with Crippen molar-refractivity contribution in [2.75, 3.05) is 20.6 Å². The molecule has 2 aromatic rings. The Bertz CT molecular complexity index is 932. The fourth-order valence-corrected chi connectivity index (χ4v) is 3.31. The first-order valence-corrected chi connectivity index (χ1v) is 9.04. The largest absolute Gasteiger partial charge is 0.491 e. The highest BCUT2D eigenvalue weighted by molar-refractivity contribution is 5.99. The van der Waals surface area contributed by atoms with Crippen molar-refractivity contribution >= 4 is 22.8 Å². The topological polar surface area (TPSA) is 80.1 Å². The number of likely N-dealkylation sites (N-methyl/N-ethyl adjacent to an activating group) is 1. The molecule has 1 fully saturated rings. The molecule has 1 atom stereocenters. The maximum Gasteiger partial charge on any atom is 0.349 e. The van der Waals surface area contributed by atoms with E-state index in [9.17, 15) is 14.4 Å². The number of ether oxygens (including phenoxy) is 1. The van der Waals surface area contributed by atoms with Crippen molar-refractivity contribution in [2.45, 2.75) is 38.8 Å². The van der Waals surface area contributed by atoms with Gasteiger partial charge < -0.3 is 19.0 Å². The number of carbonyl (C=O) groups is 2. The van der Waals surface area contributed by atoms with Crippen molar-refractivity contribution in [1.82, 2.24) is 9.80 Å². The molecule has 0 spiro atoms. The van der Waals surface area contributed by atoms with Gasteiger partial charge in [0.2, 0.25) is 5.91 Å². The molecule has 144 valence electrons. The third-order valence-electron chi connectivity index (χ3n) is 4.55. The average Bonchev–Trinajstić information content (AvgIpc) is 3.08. The molecule has 0 radical (unpaired) electrons. The Hall–Kier alpha value is -2.83. The summed E-state index contributed by atoms with van der Waals surface area (Å²) in [6.07, 6.45) is 1.32. The van der Waals surface area contributed by atoms with E-state index in [2.05, 4.69) is 0 Å². The number of amides is 2. The van der Waals surface area contributed by atoms with Gasteiger partial charge in [-0.05, 0) is 44.9 Å². The third-order valence-corrected chi connectivity index (χ3v) is 4.55. The zero-order chi connectivity index (χ0) is 19.7. The maximum absolute atomic E-state index is 12.9. The molecule has 7 nitrogen and oxygen atoms in total. The summed E-state index contributed by atoms with van der Waals surface area (Å²) in [6, 6.07) is 6.14. The van der Waals surface area contributed by atoms with E-state index in [0.29, 0.717) is 29.7 Å². The Morgan fingerprint density at radius 2 is 2.00 bits per heavy atom. The molecule has 1 aliphatic heterocycles. The third kappa shape index (κ3) is 3.82. The highest BCUT2D eigenvalue weighted by atomic mass is 16.5. The van der Waals surface area contributed by atoms with Crippen molar-refractivity contribution in [3.05, 3.63) is 40.2 Å². The van der Waals surface area contributed by atoms with Crippen molar-refractivity contribution < 1.29 is 18.7 Å². The van der Waals surface area contributed by atoms with E-state index >= 15 is 0 Å².